The van der Waals surface area contributed by atoms with E-state index in [2.05, 4.69) is 22.1 Å². The van der Waals surface area contributed by atoms with E-state index in [9.17, 15) is 4.79 Å². The van der Waals surface area contributed by atoms with Gasteiger partial charge >= 0.3 is 0 Å². The summed E-state index contributed by atoms with van der Waals surface area (Å²) >= 11 is 0. The van der Waals surface area contributed by atoms with Gasteiger partial charge in [-0.3, -0.25) is 4.79 Å². The van der Waals surface area contributed by atoms with Crippen molar-refractivity contribution in [3.05, 3.63) is 23.9 Å². The molecule has 98 valence electrons. The third kappa shape index (κ3) is 2.81. The zero-order chi connectivity index (χ0) is 13.0. The molecule has 2 rings (SSSR count). The number of nitrogens with zero attached hydrogens (tertiary/aromatic N) is 2. The molecule has 4 heteroatoms. The second kappa shape index (κ2) is 5.85. The molecule has 1 aliphatic heterocycles. The molecule has 1 aromatic rings. The summed E-state index contributed by atoms with van der Waals surface area (Å²) in [6, 6.07) is 3.67. The largest absolute Gasteiger partial charge is 0.356 e. The topological polar surface area (TPSA) is 45.2 Å². The Labute approximate surface area is 108 Å². The van der Waals surface area contributed by atoms with Crippen LogP contribution in [0.1, 0.15) is 37.0 Å². The van der Waals surface area contributed by atoms with Crippen LogP contribution in [-0.2, 0) is 0 Å². The first-order chi connectivity index (χ1) is 8.72. The number of anilines is 1. The minimum Gasteiger partial charge on any atom is -0.356 e. The van der Waals surface area contributed by atoms with Crippen molar-refractivity contribution in [3.63, 3.8) is 0 Å². The molecule has 0 saturated carbocycles. The normalized spacial score (nSPS) is 19.7. The van der Waals surface area contributed by atoms with Gasteiger partial charge in [-0.1, -0.05) is 6.92 Å². The monoisotopic (exact) mass is 247 g/mol. The summed E-state index contributed by atoms with van der Waals surface area (Å²) in [7, 11) is 0. The molecule has 1 saturated heterocycles. The number of hydrogen-bond donors (Lipinski definition) is 1. The molecule has 1 fully saturated rings. The fourth-order valence-corrected chi connectivity index (χ4v) is 2.46. The number of carbonyl (C=O) groups excluding carboxylic acids is 1. The lowest BCUT2D eigenvalue weighted by atomic mass is 10.00. The predicted octanol–water partition coefficient (Wildman–Crippen LogP) is 2.07. The molecule has 0 radical (unpaired) electrons. The summed E-state index contributed by atoms with van der Waals surface area (Å²) in [6.45, 7) is 6.80. The maximum absolute atomic E-state index is 12.0. The zero-order valence-corrected chi connectivity index (χ0v) is 11.1. The number of aromatic nitrogens is 1. The van der Waals surface area contributed by atoms with Crippen LogP contribution in [0.15, 0.2) is 18.3 Å². The highest BCUT2D eigenvalue weighted by molar-refractivity contribution is 5.98. The molecule has 2 heterocycles. The molecule has 1 aromatic heterocycles. The van der Waals surface area contributed by atoms with E-state index < -0.39 is 0 Å². The van der Waals surface area contributed by atoms with E-state index in [4.69, 9.17) is 0 Å². The number of piperidine rings is 1. The zero-order valence-electron chi connectivity index (χ0n) is 11.1. The van der Waals surface area contributed by atoms with E-state index in [-0.39, 0.29) is 5.91 Å². The van der Waals surface area contributed by atoms with Gasteiger partial charge in [0.2, 0.25) is 0 Å². The highest BCUT2D eigenvalue weighted by Gasteiger charge is 2.21. The lowest BCUT2D eigenvalue weighted by Gasteiger charge is -2.32. The smallest absolute Gasteiger partial charge is 0.255 e. The lowest BCUT2D eigenvalue weighted by molar-refractivity contribution is 0.0956. The van der Waals surface area contributed by atoms with Gasteiger partial charge in [-0.2, -0.15) is 0 Å². The number of amides is 1. The second-order valence-corrected chi connectivity index (χ2v) is 4.93. The SMILES string of the molecule is CCNC(=O)c1cccnc1N1CCC[C@H](C)C1. The number of pyridine rings is 1. The van der Waals surface area contributed by atoms with Crippen LogP contribution in [-0.4, -0.2) is 30.5 Å². The molecule has 1 atom stereocenters. The molecule has 4 nitrogen and oxygen atoms in total. The van der Waals surface area contributed by atoms with E-state index >= 15 is 0 Å². The highest BCUT2D eigenvalue weighted by atomic mass is 16.1. The summed E-state index contributed by atoms with van der Waals surface area (Å²) in [4.78, 5) is 18.7. The number of hydrogen-bond acceptors (Lipinski definition) is 3. The van der Waals surface area contributed by atoms with E-state index in [0.29, 0.717) is 18.0 Å². The quantitative estimate of drug-likeness (QED) is 0.889. The van der Waals surface area contributed by atoms with Gasteiger partial charge in [-0.15, -0.1) is 0 Å². The van der Waals surface area contributed by atoms with Crippen LogP contribution in [0, 0.1) is 5.92 Å². The first-order valence-electron chi connectivity index (χ1n) is 6.70. The van der Waals surface area contributed by atoms with Gasteiger partial charge in [0, 0.05) is 25.8 Å². The van der Waals surface area contributed by atoms with Crippen LogP contribution in [0.5, 0.6) is 0 Å². The fraction of sp³-hybridized carbons (Fsp3) is 0.571. The van der Waals surface area contributed by atoms with Crippen LogP contribution in [0.25, 0.3) is 0 Å². The molecule has 0 unspecified atom stereocenters. The predicted molar refractivity (Wildman–Crippen MR) is 72.9 cm³/mol. The van der Waals surface area contributed by atoms with E-state index in [0.717, 1.165) is 18.9 Å². The fourth-order valence-electron chi connectivity index (χ4n) is 2.46. The first-order valence-corrected chi connectivity index (χ1v) is 6.70. The Kier molecular flexibility index (Phi) is 4.18. The summed E-state index contributed by atoms with van der Waals surface area (Å²) < 4.78 is 0. The van der Waals surface area contributed by atoms with Gasteiger partial charge in [0.1, 0.15) is 5.82 Å². The van der Waals surface area contributed by atoms with Crippen molar-refractivity contribution in [2.24, 2.45) is 5.92 Å². The molecular weight excluding hydrogens is 226 g/mol. The van der Waals surface area contributed by atoms with Crippen molar-refractivity contribution in [1.82, 2.24) is 10.3 Å². The minimum absolute atomic E-state index is 0.0289. The van der Waals surface area contributed by atoms with Gasteiger partial charge in [-0.25, -0.2) is 4.98 Å². The van der Waals surface area contributed by atoms with Crippen molar-refractivity contribution in [3.8, 4) is 0 Å². The van der Waals surface area contributed by atoms with Crippen molar-refractivity contribution >= 4 is 11.7 Å². The molecular formula is C14H21N3O. The molecule has 0 spiro atoms. The van der Waals surface area contributed by atoms with Gasteiger partial charge in [-0.05, 0) is 37.8 Å². The Balaban J connectivity index is 2.23. The average molecular weight is 247 g/mol. The molecule has 1 aliphatic rings. The Morgan fingerprint density at radius 3 is 3.17 bits per heavy atom. The molecule has 18 heavy (non-hydrogen) atoms. The second-order valence-electron chi connectivity index (χ2n) is 4.93. The number of nitrogens with one attached hydrogen (secondary N) is 1. The Morgan fingerprint density at radius 2 is 2.44 bits per heavy atom. The molecule has 1 amide bonds. The van der Waals surface area contributed by atoms with Crippen molar-refractivity contribution < 1.29 is 4.79 Å². The van der Waals surface area contributed by atoms with Crippen LogP contribution in [0.4, 0.5) is 5.82 Å². The first kappa shape index (κ1) is 12.9. The Hall–Kier alpha value is -1.58. The summed E-state index contributed by atoms with van der Waals surface area (Å²) in [5.74, 6) is 1.47. The van der Waals surface area contributed by atoms with Crippen molar-refractivity contribution in [2.75, 3.05) is 24.5 Å². The van der Waals surface area contributed by atoms with Gasteiger partial charge in [0.05, 0.1) is 5.56 Å². The third-order valence-electron chi connectivity index (χ3n) is 3.33. The number of rotatable bonds is 3. The summed E-state index contributed by atoms with van der Waals surface area (Å²) in [6.07, 6.45) is 4.20. The van der Waals surface area contributed by atoms with Crippen LogP contribution < -0.4 is 10.2 Å². The Morgan fingerprint density at radius 1 is 1.61 bits per heavy atom. The standard InChI is InChI=1S/C14H21N3O/c1-3-15-14(18)12-7-4-8-16-13(12)17-9-5-6-11(2)10-17/h4,7-8,11H,3,5-6,9-10H2,1-2H3,(H,15,18)/t11-/m0/s1. The van der Waals surface area contributed by atoms with E-state index in [1.165, 1.54) is 12.8 Å². The van der Waals surface area contributed by atoms with Gasteiger partial charge < -0.3 is 10.2 Å². The number of carbonyl (C=O) groups is 1. The minimum atomic E-state index is -0.0289. The van der Waals surface area contributed by atoms with E-state index in [1.807, 2.05) is 19.1 Å². The van der Waals surface area contributed by atoms with Crippen molar-refractivity contribution in [2.45, 2.75) is 26.7 Å². The lowest BCUT2D eigenvalue weighted by Crippen LogP contribution is -2.36. The maximum Gasteiger partial charge on any atom is 0.255 e. The molecule has 0 bridgehead atoms. The molecule has 0 aromatic carbocycles. The summed E-state index contributed by atoms with van der Waals surface area (Å²) in [5, 5.41) is 2.85. The van der Waals surface area contributed by atoms with Crippen LogP contribution in [0.3, 0.4) is 0 Å². The van der Waals surface area contributed by atoms with Crippen molar-refractivity contribution in [1.29, 1.82) is 0 Å². The molecule has 0 aliphatic carbocycles. The van der Waals surface area contributed by atoms with Crippen LogP contribution >= 0.6 is 0 Å². The molecule has 1 N–H and O–H groups in total. The average Bonchev–Trinajstić information content (AvgIpc) is 2.39. The van der Waals surface area contributed by atoms with E-state index in [1.54, 1.807) is 6.20 Å². The Bertz CT molecular complexity index is 419. The third-order valence-corrected chi connectivity index (χ3v) is 3.33. The van der Waals surface area contributed by atoms with Gasteiger partial charge in [0.15, 0.2) is 0 Å². The highest BCUT2D eigenvalue weighted by Crippen LogP contribution is 2.24. The summed E-state index contributed by atoms with van der Waals surface area (Å²) in [5.41, 5.74) is 0.688. The maximum atomic E-state index is 12.0. The van der Waals surface area contributed by atoms with Gasteiger partial charge in [0.25, 0.3) is 5.91 Å². The van der Waals surface area contributed by atoms with Crippen LogP contribution in [0.2, 0.25) is 0 Å².